The number of anilines is 1. The molecule has 2 heteroatoms. The van der Waals surface area contributed by atoms with Crippen LogP contribution in [0.4, 0.5) is 5.69 Å². The molecule has 1 saturated heterocycles. The molecule has 0 bridgehead atoms. The third-order valence-corrected chi connectivity index (χ3v) is 4.01. The molecular formula is C15H22N2. The van der Waals surface area contributed by atoms with E-state index in [2.05, 4.69) is 35.3 Å². The normalized spacial score (nSPS) is 23.7. The molecule has 0 amide bonds. The van der Waals surface area contributed by atoms with Gasteiger partial charge in [0.2, 0.25) is 0 Å². The molecule has 3 rings (SSSR count). The van der Waals surface area contributed by atoms with E-state index in [-0.39, 0.29) is 0 Å². The van der Waals surface area contributed by atoms with Crippen molar-refractivity contribution in [1.29, 1.82) is 0 Å². The van der Waals surface area contributed by atoms with Crippen LogP contribution in [-0.4, -0.2) is 30.6 Å². The number of fused-ring (bicyclic) bond motifs is 1. The molecular weight excluding hydrogens is 208 g/mol. The van der Waals surface area contributed by atoms with Crippen LogP contribution in [0, 0.1) is 0 Å². The second-order valence-electron chi connectivity index (χ2n) is 5.54. The molecule has 1 N–H and O–H groups in total. The molecule has 1 aromatic rings. The zero-order valence-electron chi connectivity index (χ0n) is 10.7. The highest BCUT2D eigenvalue weighted by Gasteiger charge is 2.17. The molecule has 0 spiro atoms. The Labute approximate surface area is 104 Å². The lowest BCUT2D eigenvalue weighted by Crippen LogP contribution is -2.21. The quantitative estimate of drug-likeness (QED) is 0.859. The second kappa shape index (κ2) is 4.69. The summed E-state index contributed by atoms with van der Waals surface area (Å²) in [7, 11) is 0. The maximum Gasteiger partial charge on any atom is 0.0375 e. The SMILES string of the molecule is CC1Cc2cc(CCN3CCCC3)ccc2N1. The van der Waals surface area contributed by atoms with Crippen LogP contribution in [0.5, 0.6) is 0 Å². The van der Waals surface area contributed by atoms with Gasteiger partial charge in [0, 0.05) is 18.3 Å². The summed E-state index contributed by atoms with van der Waals surface area (Å²) in [5, 5.41) is 3.51. The van der Waals surface area contributed by atoms with Gasteiger partial charge in [-0.1, -0.05) is 12.1 Å². The first kappa shape index (κ1) is 11.1. The lowest BCUT2D eigenvalue weighted by molar-refractivity contribution is 0.343. The third kappa shape index (κ3) is 2.47. The smallest absolute Gasteiger partial charge is 0.0375 e. The number of hydrogen-bond donors (Lipinski definition) is 1. The molecule has 0 radical (unpaired) electrons. The van der Waals surface area contributed by atoms with E-state index in [1.54, 1.807) is 0 Å². The zero-order valence-corrected chi connectivity index (χ0v) is 10.7. The fourth-order valence-electron chi connectivity index (χ4n) is 3.05. The first-order valence-electron chi connectivity index (χ1n) is 6.92. The van der Waals surface area contributed by atoms with Crippen LogP contribution in [0.1, 0.15) is 30.9 Å². The van der Waals surface area contributed by atoms with Gasteiger partial charge in [-0.25, -0.2) is 0 Å². The summed E-state index contributed by atoms with van der Waals surface area (Å²) in [5.41, 5.74) is 4.37. The van der Waals surface area contributed by atoms with Crippen molar-refractivity contribution in [3.8, 4) is 0 Å². The van der Waals surface area contributed by atoms with E-state index in [9.17, 15) is 0 Å². The summed E-state index contributed by atoms with van der Waals surface area (Å²) in [4.78, 5) is 2.59. The van der Waals surface area contributed by atoms with Crippen LogP contribution in [0.25, 0.3) is 0 Å². The fraction of sp³-hybridized carbons (Fsp3) is 0.600. The van der Waals surface area contributed by atoms with E-state index >= 15 is 0 Å². The monoisotopic (exact) mass is 230 g/mol. The Morgan fingerprint density at radius 2 is 2.12 bits per heavy atom. The molecule has 2 aliphatic heterocycles. The molecule has 0 aliphatic carbocycles. The Bertz CT molecular complexity index is 394. The third-order valence-electron chi connectivity index (χ3n) is 4.01. The van der Waals surface area contributed by atoms with E-state index in [4.69, 9.17) is 0 Å². The second-order valence-corrected chi connectivity index (χ2v) is 5.54. The standard InChI is InChI=1S/C15H22N2/c1-12-10-14-11-13(4-5-15(14)16-12)6-9-17-7-2-3-8-17/h4-5,11-12,16H,2-3,6-10H2,1H3. The van der Waals surface area contributed by atoms with E-state index in [1.165, 1.54) is 62.1 Å². The van der Waals surface area contributed by atoms with Crippen LogP contribution in [0.3, 0.4) is 0 Å². The van der Waals surface area contributed by atoms with Gasteiger partial charge in [-0.2, -0.15) is 0 Å². The van der Waals surface area contributed by atoms with Gasteiger partial charge in [-0.05, 0) is 62.9 Å². The lowest BCUT2D eigenvalue weighted by atomic mass is 10.0. The maximum absolute atomic E-state index is 3.51. The summed E-state index contributed by atoms with van der Waals surface area (Å²) < 4.78 is 0. The minimum absolute atomic E-state index is 0.610. The molecule has 17 heavy (non-hydrogen) atoms. The summed E-state index contributed by atoms with van der Waals surface area (Å²) in [6, 6.07) is 7.57. The van der Waals surface area contributed by atoms with Crippen LogP contribution in [0.15, 0.2) is 18.2 Å². The highest BCUT2D eigenvalue weighted by atomic mass is 15.1. The van der Waals surface area contributed by atoms with Gasteiger partial charge >= 0.3 is 0 Å². The number of nitrogens with one attached hydrogen (secondary N) is 1. The van der Waals surface area contributed by atoms with Crippen LogP contribution < -0.4 is 5.32 Å². The highest BCUT2D eigenvalue weighted by molar-refractivity contribution is 5.57. The van der Waals surface area contributed by atoms with Gasteiger partial charge in [0.25, 0.3) is 0 Å². The highest BCUT2D eigenvalue weighted by Crippen LogP contribution is 2.26. The van der Waals surface area contributed by atoms with Gasteiger partial charge in [-0.3, -0.25) is 0 Å². The summed E-state index contributed by atoms with van der Waals surface area (Å²) >= 11 is 0. The largest absolute Gasteiger partial charge is 0.382 e. The molecule has 2 heterocycles. The van der Waals surface area contributed by atoms with Gasteiger partial charge in [0.1, 0.15) is 0 Å². The Morgan fingerprint density at radius 3 is 2.94 bits per heavy atom. The molecule has 1 aromatic carbocycles. The van der Waals surface area contributed by atoms with E-state index in [0.717, 1.165) is 0 Å². The fourth-order valence-corrected chi connectivity index (χ4v) is 3.05. The van der Waals surface area contributed by atoms with E-state index in [1.807, 2.05) is 0 Å². The van der Waals surface area contributed by atoms with Crippen molar-refractivity contribution in [2.45, 2.75) is 38.6 Å². The predicted octanol–water partition coefficient (Wildman–Crippen LogP) is 2.68. The average Bonchev–Trinajstić information content (AvgIpc) is 2.92. The number of likely N-dealkylation sites (tertiary alicyclic amines) is 1. The van der Waals surface area contributed by atoms with Crippen molar-refractivity contribution >= 4 is 5.69 Å². The molecule has 1 unspecified atom stereocenters. The van der Waals surface area contributed by atoms with Gasteiger partial charge in [-0.15, -0.1) is 0 Å². The summed E-state index contributed by atoms with van der Waals surface area (Å²) in [6.45, 7) is 6.11. The van der Waals surface area contributed by atoms with Gasteiger partial charge in [0.05, 0.1) is 0 Å². The van der Waals surface area contributed by atoms with Crippen LogP contribution in [0.2, 0.25) is 0 Å². The van der Waals surface area contributed by atoms with Gasteiger partial charge in [0.15, 0.2) is 0 Å². The van der Waals surface area contributed by atoms with Gasteiger partial charge < -0.3 is 10.2 Å². The van der Waals surface area contributed by atoms with Crippen LogP contribution >= 0.6 is 0 Å². The Balaban J connectivity index is 1.62. The minimum Gasteiger partial charge on any atom is -0.382 e. The van der Waals surface area contributed by atoms with Crippen molar-refractivity contribution in [3.63, 3.8) is 0 Å². The maximum atomic E-state index is 3.51. The predicted molar refractivity (Wildman–Crippen MR) is 72.6 cm³/mol. The number of benzene rings is 1. The Morgan fingerprint density at radius 1 is 1.29 bits per heavy atom. The topological polar surface area (TPSA) is 15.3 Å². The first-order chi connectivity index (χ1) is 8.31. The van der Waals surface area contributed by atoms with Crippen molar-refractivity contribution in [3.05, 3.63) is 29.3 Å². The van der Waals surface area contributed by atoms with Crippen molar-refractivity contribution < 1.29 is 0 Å². The Kier molecular flexibility index (Phi) is 3.06. The first-order valence-corrected chi connectivity index (χ1v) is 6.92. The van der Waals surface area contributed by atoms with E-state index < -0.39 is 0 Å². The molecule has 0 saturated carbocycles. The van der Waals surface area contributed by atoms with E-state index in [0.29, 0.717) is 6.04 Å². The summed E-state index contributed by atoms with van der Waals surface area (Å²) in [6.07, 6.45) is 5.19. The number of rotatable bonds is 3. The minimum atomic E-state index is 0.610. The van der Waals surface area contributed by atoms with Crippen molar-refractivity contribution in [2.24, 2.45) is 0 Å². The van der Waals surface area contributed by atoms with Crippen molar-refractivity contribution in [2.75, 3.05) is 25.0 Å². The molecule has 1 atom stereocenters. The average molecular weight is 230 g/mol. The zero-order chi connectivity index (χ0) is 11.7. The lowest BCUT2D eigenvalue weighted by Gasteiger charge is -2.14. The van der Waals surface area contributed by atoms with Crippen LogP contribution in [-0.2, 0) is 12.8 Å². The number of hydrogen-bond acceptors (Lipinski definition) is 2. The molecule has 0 aromatic heterocycles. The molecule has 1 fully saturated rings. The van der Waals surface area contributed by atoms with Crippen molar-refractivity contribution in [1.82, 2.24) is 4.90 Å². The Hall–Kier alpha value is -1.02. The molecule has 2 aliphatic rings. The number of nitrogens with zero attached hydrogens (tertiary/aromatic N) is 1. The molecule has 92 valence electrons. The molecule has 2 nitrogen and oxygen atoms in total. The summed E-state index contributed by atoms with van der Waals surface area (Å²) in [5.74, 6) is 0.